The van der Waals surface area contributed by atoms with Gasteiger partial charge < -0.3 is 21.3 Å². The smallest absolute Gasteiger partial charge is 0.139 e. The van der Waals surface area contributed by atoms with E-state index in [0.717, 1.165) is 22.7 Å². The number of nitrogen functional groups attached to an aromatic ring is 2. The summed E-state index contributed by atoms with van der Waals surface area (Å²) in [5.74, 6) is 0.830. The second-order valence-corrected chi connectivity index (χ2v) is 4.45. The maximum atomic E-state index is 5.78. The average molecular weight is 246 g/mol. The number of benzene rings is 1. The summed E-state index contributed by atoms with van der Waals surface area (Å²) in [6.45, 7) is 5.89. The number of hydrogen-bond acceptors (Lipinski definition) is 5. The Morgan fingerprint density at radius 1 is 1.22 bits per heavy atom. The average Bonchev–Trinajstić information content (AvgIpc) is 2.64. The fraction of sp³-hybridized carbons (Fsp3) is 0.308. The molecule has 0 aliphatic carbocycles. The van der Waals surface area contributed by atoms with Crippen LogP contribution in [0.15, 0.2) is 22.7 Å². The molecule has 0 saturated carbocycles. The summed E-state index contributed by atoms with van der Waals surface area (Å²) in [6, 6.07) is 5.61. The second-order valence-electron chi connectivity index (χ2n) is 4.45. The monoisotopic (exact) mass is 246 g/mol. The predicted octanol–water partition coefficient (Wildman–Crippen LogP) is 2.63. The molecule has 96 valence electrons. The maximum absolute atomic E-state index is 5.78. The molecular formula is C13H18N4O. The molecule has 1 unspecified atom stereocenters. The van der Waals surface area contributed by atoms with Gasteiger partial charge in [-0.2, -0.15) is 0 Å². The fourth-order valence-corrected chi connectivity index (χ4v) is 2.09. The molecule has 1 atom stereocenters. The number of hydrogen-bond donors (Lipinski definition) is 3. The van der Waals surface area contributed by atoms with Gasteiger partial charge in [-0.05, 0) is 39.0 Å². The normalized spacial score (nSPS) is 12.4. The molecule has 0 saturated heterocycles. The van der Waals surface area contributed by atoms with Gasteiger partial charge in [0.2, 0.25) is 0 Å². The summed E-state index contributed by atoms with van der Waals surface area (Å²) >= 11 is 0. The van der Waals surface area contributed by atoms with Gasteiger partial charge in [0.05, 0.1) is 23.1 Å². The summed E-state index contributed by atoms with van der Waals surface area (Å²) in [5, 5.41) is 7.31. The SMILES string of the molecule is Cc1noc(C)c1C(C)Nc1ccc(N)c(N)c1. The number of aryl methyl sites for hydroxylation is 2. The Balaban J connectivity index is 2.21. The maximum Gasteiger partial charge on any atom is 0.139 e. The quantitative estimate of drug-likeness (QED) is 0.724. The second kappa shape index (κ2) is 4.60. The van der Waals surface area contributed by atoms with Crippen LogP contribution < -0.4 is 16.8 Å². The van der Waals surface area contributed by atoms with E-state index in [1.165, 1.54) is 0 Å². The van der Waals surface area contributed by atoms with Gasteiger partial charge in [0.1, 0.15) is 5.76 Å². The highest BCUT2D eigenvalue weighted by Gasteiger charge is 2.16. The molecule has 1 aromatic carbocycles. The van der Waals surface area contributed by atoms with Gasteiger partial charge in [0.15, 0.2) is 0 Å². The van der Waals surface area contributed by atoms with Crippen molar-refractivity contribution in [3.8, 4) is 0 Å². The van der Waals surface area contributed by atoms with Crippen LogP contribution in [0, 0.1) is 13.8 Å². The molecule has 1 heterocycles. The Labute approximate surface area is 106 Å². The number of aromatic nitrogens is 1. The van der Waals surface area contributed by atoms with Crippen LogP contribution in [0.5, 0.6) is 0 Å². The van der Waals surface area contributed by atoms with Crippen LogP contribution in [-0.2, 0) is 0 Å². The molecule has 0 fully saturated rings. The Bertz CT molecular complexity index is 543. The predicted molar refractivity (Wildman–Crippen MR) is 73.3 cm³/mol. The summed E-state index contributed by atoms with van der Waals surface area (Å²) in [6.07, 6.45) is 0. The summed E-state index contributed by atoms with van der Waals surface area (Å²) in [5.41, 5.74) is 15.5. The van der Waals surface area contributed by atoms with Gasteiger partial charge in [0.25, 0.3) is 0 Å². The van der Waals surface area contributed by atoms with E-state index >= 15 is 0 Å². The minimum absolute atomic E-state index is 0.0966. The topological polar surface area (TPSA) is 90.1 Å². The van der Waals surface area contributed by atoms with Crippen LogP contribution in [0.2, 0.25) is 0 Å². The van der Waals surface area contributed by atoms with Crippen LogP contribution in [-0.4, -0.2) is 5.16 Å². The minimum atomic E-state index is 0.0966. The van der Waals surface area contributed by atoms with Gasteiger partial charge in [-0.1, -0.05) is 5.16 Å². The molecule has 0 spiro atoms. The lowest BCUT2D eigenvalue weighted by atomic mass is 10.1. The molecule has 1 aromatic heterocycles. The molecule has 0 bridgehead atoms. The molecule has 2 aromatic rings. The van der Waals surface area contributed by atoms with Crippen molar-refractivity contribution in [3.05, 3.63) is 35.2 Å². The van der Waals surface area contributed by atoms with E-state index in [9.17, 15) is 0 Å². The van der Waals surface area contributed by atoms with Crippen molar-refractivity contribution in [2.75, 3.05) is 16.8 Å². The van der Waals surface area contributed by atoms with Crippen LogP contribution in [0.4, 0.5) is 17.1 Å². The third-order valence-electron chi connectivity index (χ3n) is 2.99. The molecule has 0 radical (unpaired) electrons. The van der Waals surface area contributed by atoms with Gasteiger partial charge >= 0.3 is 0 Å². The van der Waals surface area contributed by atoms with Crippen LogP contribution in [0.25, 0.3) is 0 Å². The summed E-state index contributed by atoms with van der Waals surface area (Å²) in [4.78, 5) is 0. The van der Waals surface area contributed by atoms with E-state index in [4.69, 9.17) is 16.0 Å². The van der Waals surface area contributed by atoms with Gasteiger partial charge in [-0.3, -0.25) is 0 Å². The molecule has 0 aliphatic rings. The standard InChI is InChI=1S/C13H18N4O/c1-7(13-8(2)17-18-9(13)3)16-10-4-5-11(14)12(15)6-10/h4-7,16H,14-15H2,1-3H3. The van der Waals surface area contributed by atoms with Gasteiger partial charge in [0, 0.05) is 11.3 Å². The van der Waals surface area contributed by atoms with Crippen molar-refractivity contribution in [2.24, 2.45) is 0 Å². The lowest BCUT2D eigenvalue weighted by Crippen LogP contribution is -2.09. The number of nitrogens with zero attached hydrogens (tertiary/aromatic N) is 1. The molecule has 0 amide bonds. The highest BCUT2D eigenvalue weighted by Crippen LogP contribution is 2.27. The van der Waals surface area contributed by atoms with E-state index in [0.29, 0.717) is 11.4 Å². The zero-order chi connectivity index (χ0) is 13.3. The van der Waals surface area contributed by atoms with Crippen LogP contribution in [0.3, 0.4) is 0 Å². The summed E-state index contributed by atoms with van der Waals surface area (Å²) < 4.78 is 5.16. The highest BCUT2D eigenvalue weighted by molar-refractivity contribution is 5.69. The van der Waals surface area contributed by atoms with Crippen molar-refractivity contribution in [1.29, 1.82) is 0 Å². The van der Waals surface area contributed by atoms with Crippen LogP contribution in [0.1, 0.15) is 30.0 Å². The van der Waals surface area contributed by atoms with E-state index in [1.807, 2.05) is 26.0 Å². The molecule has 2 rings (SSSR count). The third kappa shape index (κ3) is 2.25. The highest BCUT2D eigenvalue weighted by atomic mass is 16.5. The first kappa shape index (κ1) is 12.3. The number of nitrogens with two attached hydrogens (primary N) is 2. The Hall–Kier alpha value is -2.17. The lowest BCUT2D eigenvalue weighted by molar-refractivity contribution is 0.392. The molecule has 5 heteroatoms. The first-order chi connectivity index (χ1) is 8.49. The molecular weight excluding hydrogens is 228 g/mol. The van der Waals surface area contributed by atoms with Crippen molar-refractivity contribution in [1.82, 2.24) is 5.16 Å². The lowest BCUT2D eigenvalue weighted by Gasteiger charge is -2.16. The Kier molecular flexibility index (Phi) is 3.14. The number of rotatable bonds is 3. The van der Waals surface area contributed by atoms with Crippen molar-refractivity contribution in [2.45, 2.75) is 26.8 Å². The van der Waals surface area contributed by atoms with Gasteiger partial charge in [-0.15, -0.1) is 0 Å². The largest absolute Gasteiger partial charge is 0.397 e. The van der Waals surface area contributed by atoms with E-state index in [-0.39, 0.29) is 6.04 Å². The molecule has 0 aliphatic heterocycles. The van der Waals surface area contributed by atoms with E-state index in [1.54, 1.807) is 6.07 Å². The summed E-state index contributed by atoms with van der Waals surface area (Å²) in [7, 11) is 0. The van der Waals surface area contributed by atoms with Gasteiger partial charge in [-0.25, -0.2) is 0 Å². The zero-order valence-electron chi connectivity index (χ0n) is 10.8. The fourth-order valence-electron chi connectivity index (χ4n) is 2.09. The number of anilines is 3. The van der Waals surface area contributed by atoms with Crippen molar-refractivity contribution in [3.63, 3.8) is 0 Å². The van der Waals surface area contributed by atoms with E-state index in [2.05, 4.69) is 17.4 Å². The minimum Gasteiger partial charge on any atom is -0.397 e. The van der Waals surface area contributed by atoms with E-state index < -0.39 is 0 Å². The Morgan fingerprint density at radius 3 is 2.50 bits per heavy atom. The van der Waals surface area contributed by atoms with Crippen molar-refractivity contribution < 1.29 is 4.52 Å². The first-order valence-electron chi connectivity index (χ1n) is 5.83. The molecule has 18 heavy (non-hydrogen) atoms. The third-order valence-corrected chi connectivity index (χ3v) is 2.99. The van der Waals surface area contributed by atoms with Crippen molar-refractivity contribution >= 4 is 17.1 Å². The van der Waals surface area contributed by atoms with Crippen LogP contribution >= 0.6 is 0 Å². The zero-order valence-corrected chi connectivity index (χ0v) is 10.8. The first-order valence-corrected chi connectivity index (χ1v) is 5.83. The Morgan fingerprint density at radius 2 is 1.94 bits per heavy atom. The molecule has 5 N–H and O–H groups in total. The number of nitrogens with one attached hydrogen (secondary N) is 1. The molecule has 5 nitrogen and oxygen atoms in total.